The zero-order valence-electron chi connectivity index (χ0n) is 18.9. The van der Waals surface area contributed by atoms with Crippen LogP contribution in [0.5, 0.6) is 0 Å². The fourth-order valence-corrected chi connectivity index (χ4v) is 2.82. The summed E-state index contributed by atoms with van der Waals surface area (Å²) in [4.78, 5) is 36.3. The number of nitrogens with zero attached hydrogens (tertiary/aromatic N) is 1. The lowest BCUT2D eigenvalue weighted by Gasteiger charge is -2.29. The zero-order valence-corrected chi connectivity index (χ0v) is 18.9. The van der Waals surface area contributed by atoms with Crippen molar-refractivity contribution in [3.05, 3.63) is 0 Å². The van der Waals surface area contributed by atoms with E-state index < -0.39 is 105 Å². The predicted octanol–water partition coefficient (Wildman–Crippen LogP) is -8.07. The molecule has 0 aromatic heterocycles. The van der Waals surface area contributed by atoms with Crippen molar-refractivity contribution in [3.8, 4) is 0 Å². The van der Waals surface area contributed by atoms with Crippen molar-refractivity contribution in [2.45, 2.75) is 67.7 Å². The predicted molar refractivity (Wildman–Crippen MR) is 115 cm³/mol. The van der Waals surface area contributed by atoms with Gasteiger partial charge in [0.15, 0.2) is 18.2 Å². The number of nitrogens with two attached hydrogens (primary N) is 1. The standard InChI is InChI=1S/C18H34N4O14/c19-18(20)22(16(34)14(32)12(30)10(28)8(26)5-24)3-1-2-6(17(35)36)21-15(33)13(31)11(29)9(27)7(25)4-23/h6-14,23-32H,1-5H2,(H3,19,20)(H,21,33)(H,35,36)/t6-,7+,8+,9+,10+,11-,12-,13+,14+/m0/s1. The van der Waals surface area contributed by atoms with Crippen LogP contribution in [0.3, 0.4) is 0 Å². The molecule has 0 aliphatic heterocycles. The van der Waals surface area contributed by atoms with Gasteiger partial charge in [-0.25, -0.2) is 4.79 Å². The Hall–Kier alpha value is -2.52. The fourth-order valence-electron chi connectivity index (χ4n) is 2.82. The van der Waals surface area contributed by atoms with E-state index in [0.29, 0.717) is 4.90 Å². The van der Waals surface area contributed by atoms with E-state index in [0.717, 1.165) is 0 Å². The Kier molecular flexibility index (Phi) is 14.5. The third kappa shape index (κ3) is 9.50. The molecule has 0 aromatic rings. The van der Waals surface area contributed by atoms with E-state index in [9.17, 15) is 60.3 Å². The van der Waals surface area contributed by atoms with E-state index >= 15 is 0 Å². The number of amides is 2. The maximum absolute atomic E-state index is 12.4. The summed E-state index contributed by atoms with van der Waals surface area (Å²) in [6.07, 6.45) is -18.3. The molecule has 0 aliphatic rings. The maximum atomic E-state index is 12.4. The fraction of sp³-hybridized carbons (Fsp3) is 0.778. The van der Waals surface area contributed by atoms with E-state index in [-0.39, 0.29) is 6.42 Å². The molecule has 0 aliphatic carbocycles. The number of aliphatic hydroxyl groups excluding tert-OH is 10. The molecular formula is C18H34N4O14. The van der Waals surface area contributed by atoms with Gasteiger partial charge in [0, 0.05) is 6.54 Å². The van der Waals surface area contributed by atoms with Gasteiger partial charge < -0.3 is 67.2 Å². The minimum Gasteiger partial charge on any atom is -0.480 e. The van der Waals surface area contributed by atoms with Crippen molar-refractivity contribution >= 4 is 23.7 Å². The van der Waals surface area contributed by atoms with E-state index in [4.69, 9.17) is 21.4 Å². The van der Waals surface area contributed by atoms with Gasteiger partial charge in [0.25, 0.3) is 11.8 Å². The van der Waals surface area contributed by atoms with Crippen molar-refractivity contribution in [2.75, 3.05) is 19.8 Å². The number of nitrogens with one attached hydrogen (secondary N) is 2. The topological polar surface area (TPSA) is 339 Å². The number of carbonyl (C=O) groups is 3. The lowest BCUT2D eigenvalue weighted by molar-refractivity contribution is -0.155. The average Bonchev–Trinajstić information content (AvgIpc) is 2.85. The number of aliphatic hydroxyl groups is 10. The lowest BCUT2D eigenvalue weighted by atomic mass is 10.0. The Morgan fingerprint density at radius 1 is 0.806 bits per heavy atom. The summed E-state index contributed by atoms with van der Waals surface area (Å²) in [6, 6.07) is -1.74. The number of carboxylic acids is 1. The smallest absolute Gasteiger partial charge is 0.326 e. The number of rotatable bonds is 16. The Labute approximate surface area is 203 Å². The highest BCUT2D eigenvalue weighted by atomic mass is 16.4. The highest BCUT2D eigenvalue weighted by Crippen LogP contribution is 2.11. The van der Waals surface area contributed by atoms with Crippen LogP contribution in [0, 0.1) is 5.41 Å². The number of carboxylic acid groups (broad SMARTS) is 1. The van der Waals surface area contributed by atoms with Crippen molar-refractivity contribution in [3.63, 3.8) is 0 Å². The minimum absolute atomic E-state index is 0.308. The van der Waals surface area contributed by atoms with Crippen LogP contribution in [0.4, 0.5) is 0 Å². The van der Waals surface area contributed by atoms with Gasteiger partial charge >= 0.3 is 5.97 Å². The molecule has 0 saturated carbocycles. The summed E-state index contributed by atoms with van der Waals surface area (Å²) in [7, 11) is 0. The number of carbonyl (C=O) groups excluding carboxylic acids is 2. The Morgan fingerprint density at radius 3 is 1.64 bits per heavy atom. The first-order chi connectivity index (χ1) is 16.6. The molecule has 0 unspecified atom stereocenters. The summed E-state index contributed by atoms with van der Waals surface area (Å²) in [5, 5.41) is 113. The normalized spacial score (nSPS) is 19.1. The van der Waals surface area contributed by atoms with Gasteiger partial charge in [-0.2, -0.15) is 0 Å². The van der Waals surface area contributed by atoms with Crippen molar-refractivity contribution in [1.29, 1.82) is 5.41 Å². The van der Waals surface area contributed by atoms with Gasteiger partial charge in [0.1, 0.15) is 42.7 Å². The molecule has 15 N–H and O–H groups in total. The van der Waals surface area contributed by atoms with E-state index in [1.807, 2.05) is 5.32 Å². The van der Waals surface area contributed by atoms with Gasteiger partial charge in [-0.3, -0.25) is 19.9 Å². The summed E-state index contributed by atoms with van der Waals surface area (Å²) in [6.45, 7) is -2.56. The van der Waals surface area contributed by atoms with Crippen LogP contribution < -0.4 is 11.1 Å². The molecule has 18 nitrogen and oxygen atoms in total. The highest BCUT2D eigenvalue weighted by Gasteiger charge is 2.38. The number of hydrogen-bond acceptors (Lipinski definition) is 14. The molecule has 0 saturated heterocycles. The van der Waals surface area contributed by atoms with Crippen LogP contribution in [0.1, 0.15) is 12.8 Å². The molecule has 0 spiro atoms. The molecular weight excluding hydrogens is 496 g/mol. The number of aliphatic carboxylic acids is 1. The molecule has 0 heterocycles. The summed E-state index contributed by atoms with van der Waals surface area (Å²) in [5.41, 5.74) is 5.27. The summed E-state index contributed by atoms with van der Waals surface area (Å²) >= 11 is 0. The molecule has 0 aromatic carbocycles. The first kappa shape index (κ1) is 33.5. The van der Waals surface area contributed by atoms with Crippen LogP contribution in [0.2, 0.25) is 0 Å². The maximum Gasteiger partial charge on any atom is 0.326 e. The third-order valence-corrected chi connectivity index (χ3v) is 5.08. The van der Waals surface area contributed by atoms with Crippen LogP contribution in [-0.2, 0) is 14.4 Å². The summed E-state index contributed by atoms with van der Waals surface area (Å²) < 4.78 is 0. The van der Waals surface area contributed by atoms with E-state index in [1.54, 1.807) is 0 Å². The highest BCUT2D eigenvalue weighted by molar-refractivity contribution is 5.97. The molecule has 0 bridgehead atoms. The van der Waals surface area contributed by atoms with Crippen molar-refractivity contribution in [2.24, 2.45) is 5.73 Å². The van der Waals surface area contributed by atoms with Crippen LogP contribution in [-0.4, -0.2) is 159 Å². The molecule has 0 fully saturated rings. The van der Waals surface area contributed by atoms with Gasteiger partial charge in [-0.1, -0.05) is 0 Å². The second kappa shape index (κ2) is 15.6. The molecule has 210 valence electrons. The molecule has 36 heavy (non-hydrogen) atoms. The molecule has 2 amide bonds. The average molecular weight is 530 g/mol. The van der Waals surface area contributed by atoms with Crippen LogP contribution >= 0.6 is 0 Å². The first-order valence-electron chi connectivity index (χ1n) is 10.5. The Morgan fingerprint density at radius 2 is 1.25 bits per heavy atom. The van der Waals surface area contributed by atoms with Gasteiger partial charge in [-0.15, -0.1) is 0 Å². The minimum atomic E-state index is -2.41. The number of hydrogen-bond donors (Lipinski definition) is 14. The second-order valence-corrected chi connectivity index (χ2v) is 7.77. The second-order valence-electron chi connectivity index (χ2n) is 7.77. The molecule has 0 radical (unpaired) electrons. The Balaban J connectivity index is 5.18. The van der Waals surface area contributed by atoms with Crippen molar-refractivity contribution < 1.29 is 70.6 Å². The first-order valence-corrected chi connectivity index (χ1v) is 10.5. The SMILES string of the molecule is N=C(N)N(CCC[C@H](NC(=O)[C@H](O)[C@@H](O)[C@H](O)[C@H](O)CO)C(=O)O)C(=O)[C@H](O)[C@@H](O)[C@H](O)[C@H](O)CO. The summed E-state index contributed by atoms with van der Waals surface area (Å²) in [5.74, 6) is -5.45. The lowest BCUT2D eigenvalue weighted by Crippen LogP contribution is -2.55. The quantitative estimate of drug-likeness (QED) is 0.0650. The van der Waals surface area contributed by atoms with Crippen LogP contribution in [0.25, 0.3) is 0 Å². The molecule has 0 rings (SSSR count). The monoisotopic (exact) mass is 530 g/mol. The third-order valence-electron chi connectivity index (χ3n) is 5.08. The van der Waals surface area contributed by atoms with Crippen molar-refractivity contribution in [1.82, 2.24) is 10.2 Å². The van der Waals surface area contributed by atoms with Gasteiger partial charge in [0.05, 0.1) is 13.2 Å². The van der Waals surface area contributed by atoms with E-state index in [1.165, 1.54) is 0 Å². The van der Waals surface area contributed by atoms with Gasteiger partial charge in [0.2, 0.25) is 0 Å². The largest absolute Gasteiger partial charge is 0.480 e. The molecule has 9 atom stereocenters. The molecule has 18 heteroatoms. The zero-order chi connectivity index (χ0) is 28.3. The van der Waals surface area contributed by atoms with Crippen LogP contribution in [0.15, 0.2) is 0 Å². The number of guanidine groups is 1. The Bertz CT molecular complexity index is 743. The van der Waals surface area contributed by atoms with Gasteiger partial charge in [-0.05, 0) is 12.8 Å². The van der Waals surface area contributed by atoms with E-state index in [2.05, 4.69) is 0 Å².